The molecule has 0 aromatic heterocycles. The second-order valence-electron chi connectivity index (χ2n) is 7.70. The third kappa shape index (κ3) is 5.03. The van der Waals surface area contributed by atoms with Crippen LogP contribution in [-0.2, 0) is 0 Å². The van der Waals surface area contributed by atoms with Gasteiger partial charge in [-0.05, 0) is 48.2 Å². The molecule has 0 bridgehead atoms. The van der Waals surface area contributed by atoms with E-state index in [1.165, 1.54) is 38.1 Å². The lowest BCUT2D eigenvalue weighted by Crippen LogP contribution is -2.49. The number of aliphatic hydroxyl groups excluding tert-OH is 6. The molecule has 6 nitrogen and oxygen atoms in total. The van der Waals surface area contributed by atoms with Crippen molar-refractivity contribution >= 4 is 0 Å². The first kappa shape index (κ1) is 24.3. The van der Waals surface area contributed by atoms with Crippen LogP contribution in [-0.4, -0.2) is 61.7 Å². The molecule has 0 radical (unpaired) electrons. The maximum atomic E-state index is 13.9. The number of halogens is 2. The van der Waals surface area contributed by atoms with Crippen LogP contribution >= 0.6 is 0 Å². The summed E-state index contributed by atoms with van der Waals surface area (Å²) >= 11 is 0. The Balaban J connectivity index is 2.25. The number of rotatable bonds is 8. The van der Waals surface area contributed by atoms with E-state index >= 15 is 0 Å². The van der Waals surface area contributed by atoms with E-state index in [0.29, 0.717) is 16.7 Å². The summed E-state index contributed by atoms with van der Waals surface area (Å²) in [5, 5.41) is 59.9. The summed E-state index contributed by atoms with van der Waals surface area (Å²) in [5.74, 6) is -2.12. The second kappa shape index (κ2) is 9.91. The molecule has 6 N–H and O–H groups in total. The SMILES string of the molecule is Cc1cc(-c2cc(F)c(C)c(F)c2)ccc1[C@@H](O)C(O)C(O)C(O)C(O)C(C)CO. The van der Waals surface area contributed by atoms with Crippen LogP contribution in [0.3, 0.4) is 0 Å². The Labute approximate surface area is 173 Å². The second-order valence-corrected chi connectivity index (χ2v) is 7.70. The third-order valence-electron chi connectivity index (χ3n) is 5.45. The first-order valence-electron chi connectivity index (χ1n) is 9.57. The van der Waals surface area contributed by atoms with E-state index in [-0.39, 0.29) is 11.1 Å². The molecule has 0 spiro atoms. The van der Waals surface area contributed by atoms with Crippen molar-refractivity contribution < 1.29 is 39.4 Å². The van der Waals surface area contributed by atoms with E-state index in [9.17, 15) is 34.3 Å². The zero-order chi connectivity index (χ0) is 22.7. The van der Waals surface area contributed by atoms with Gasteiger partial charge in [-0.25, -0.2) is 8.78 Å². The van der Waals surface area contributed by atoms with E-state index < -0.39 is 54.7 Å². The lowest BCUT2D eigenvalue weighted by Gasteiger charge is -2.31. The minimum atomic E-state index is -1.89. The van der Waals surface area contributed by atoms with Crippen LogP contribution in [0.15, 0.2) is 30.3 Å². The van der Waals surface area contributed by atoms with Crippen molar-refractivity contribution in [2.75, 3.05) is 6.61 Å². The van der Waals surface area contributed by atoms with Gasteiger partial charge in [-0.2, -0.15) is 0 Å². The van der Waals surface area contributed by atoms with Crippen LogP contribution in [0.2, 0.25) is 0 Å². The standard InChI is InChI=1S/C22H28F2O6/c1-10-6-13(14-7-16(23)12(3)17(24)8-14)4-5-15(10)19(27)21(29)22(30)20(28)18(26)11(2)9-25/h4-8,11,18-22,25-30H,9H2,1-3H3/t11?,18?,19-,20?,21?,22?/m1/s1. The minimum Gasteiger partial charge on any atom is -0.396 e. The van der Waals surface area contributed by atoms with Gasteiger partial charge in [-0.15, -0.1) is 0 Å². The molecule has 0 aliphatic carbocycles. The predicted octanol–water partition coefficient (Wildman–Crippen LogP) is 1.35. The monoisotopic (exact) mass is 426 g/mol. The Morgan fingerprint density at radius 2 is 1.30 bits per heavy atom. The topological polar surface area (TPSA) is 121 Å². The van der Waals surface area contributed by atoms with Crippen LogP contribution in [0.4, 0.5) is 8.78 Å². The highest BCUT2D eigenvalue weighted by Crippen LogP contribution is 2.30. The fraction of sp³-hybridized carbons (Fsp3) is 0.455. The average Bonchev–Trinajstić information content (AvgIpc) is 2.73. The molecule has 0 fully saturated rings. The van der Waals surface area contributed by atoms with Gasteiger partial charge in [0.15, 0.2) is 0 Å². The Bertz CT molecular complexity index is 852. The van der Waals surface area contributed by atoms with Crippen LogP contribution < -0.4 is 0 Å². The van der Waals surface area contributed by atoms with Crippen LogP contribution in [0.5, 0.6) is 0 Å². The summed E-state index contributed by atoms with van der Waals surface area (Å²) in [4.78, 5) is 0. The molecule has 30 heavy (non-hydrogen) atoms. The Hall–Kier alpha value is -1.94. The highest BCUT2D eigenvalue weighted by molar-refractivity contribution is 5.65. The molecule has 5 unspecified atom stereocenters. The summed E-state index contributed by atoms with van der Waals surface area (Å²) in [5.41, 5.74) is 1.41. The van der Waals surface area contributed by atoms with Crippen molar-refractivity contribution in [3.05, 3.63) is 58.7 Å². The molecular weight excluding hydrogens is 398 g/mol. The largest absolute Gasteiger partial charge is 0.396 e. The molecule has 2 aromatic rings. The summed E-state index contributed by atoms with van der Waals surface area (Å²) in [6, 6.07) is 6.91. The zero-order valence-electron chi connectivity index (χ0n) is 17.0. The van der Waals surface area contributed by atoms with E-state index in [1.807, 2.05) is 0 Å². The van der Waals surface area contributed by atoms with Gasteiger partial charge in [-0.3, -0.25) is 0 Å². The zero-order valence-corrected chi connectivity index (χ0v) is 17.0. The van der Waals surface area contributed by atoms with Crippen molar-refractivity contribution in [3.8, 4) is 11.1 Å². The van der Waals surface area contributed by atoms with Gasteiger partial charge in [0.05, 0.1) is 6.10 Å². The molecule has 2 aromatic carbocycles. The molecule has 2 rings (SSSR count). The van der Waals surface area contributed by atoms with E-state index in [0.717, 1.165) is 0 Å². The van der Waals surface area contributed by atoms with E-state index in [4.69, 9.17) is 5.11 Å². The van der Waals surface area contributed by atoms with Gasteiger partial charge < -0.3 is 30.6 Å². The Morgan fingerprint density at radius 1 is 0.767 bits per heavy atom. The predicted molar refractivity (Wildman–Crippen MR) is 107 cm³/mol. The lowest BCUT2D eigenvalue weighted by molar-refractivity contribution is -0.145. The number of aliphatic hydroxyl groups is 6. The highest BCUT2D eigenvalue weighted by Gasteiger charge is 2.37. The Morgan fingerprint density at radius 3 is 1.80 bits per heavy atom. The molecule has 0 saturated heterocycles. The molecular formula is C22H28F2O6. The number of hydrogen-bond donors (Lipinski definition) is 6. The minimum absolute atomic E-state index is 0.0871. The van der Waals surface area contributed by atoms with Crippen molar-refractivity contribution in [2.45, 2.75) is 51.3 Å². The van der Waals surface area contributed by atoms with E-state index in [1.54, 1.807) is 13.0 Å². The van der Waals surface area contributed by atoms with Crippen molar-refractivity contribution in [2.24, 2.45) is 5.92 Å². The number of aryl methyl sites for hydroxylation is 1. The normalized spacial score (nSPS) is 17.8. The maximum absolute atomic E-state index is 13.9. The molecule has 6 atom stereocenters. The molecule has 0 aliphatic rings. The number of benzene rings is 2. The van der Waals surface area contributed by atoms with Crippen LogP contribution in [0.1, 0.15) is 29.7 Å². The van der Waals surface area contributed by atoms with Gasteiger partial charge in [0.25, 0.3) is 0 Å². The third-order valence-corrected chi connectivity index (χ3v) is 5.45. The van der Waals surface area contributed by atoms with Gasteiger partial charge in [0.1, 0.15) is 36.1 Å². The number of hydrogen-bond acceptors (Lipinski definition) is 6. The van der Waals surface area contributed by atoms with Crippen molar-refractivity contribution in [3.63, 3.8) is 0 Å². The first-order valence-corrected chi connectivity index (χ1v) is 9.57. The summed E-state index contributed by atoms with van der Waals surface area (Å²) in [6.45, 7) is 3.95. The molecule has 0 aliphatic heterocycles. The van der Waals surface area contributed by atoms with E-state index in [2.05, 4.69) is 0 Å². The fourth-order valence-corrected chi connectivity index (χ4v) is 3.22. The molecule has 0 saturated carbocycles. The van der Waals surface area contributed by atoms with Crippen LogP contribution in [0.25, 0.3) is 11.1 Å². The summed E-state index contributed by atoms with van der Waals surface area (Å²) in [7, 11) is 0. The van der Waals surface area contributed by atoms with Gasteiger partial charge in [-0.1, -0.05) is 25.1 Å². The van der Waals surface area contributed by atoms with Gasteiger partial charge in [0.2, 0.25) is 0 Å². The van der Waals surface area contributed by atoms with Crippen LogP contribution in [0, 0.1) is 31.4 Å². The molecule has 0 heterocycles. The molecule has 0 amide bonds. The smallest absolute Gasteiger partial charge is 0.129 e. The molecule has 8 heteroatoms. The van der Waals surface area contributed by atoms with Gasteiger partial charge >= 0.3 is 0 Å². The fourth-order valence-electron chi connectivity index (χ4n) is 3.22. The summed E-state index contributed by atoms with van der Waals surface area (Å²) < 4.78 is 27.7. The molecule has 166 valence electrons. The Kier molecular flexibility index (Phi) is 8.04. The maximum Gasteiger partial charge on any atom is 0.129 e. The lowest BCUT2D eigenvalue weighted by atomic mass is 9.89. The van der Waals surface area contributed by atoms with Crippen molar-refractivity contribution in [1.29, 1.82) is 0 Å². The average molecular weight is 426 g/mol. The highest BCUT2D eigenvalue weighted by atomic mass is 19.1. The van der Waals surface area contributed by atoms with Gasteiger partial charge in [0, 0.05) is 18.1 Å². The quantitative estimate of drug-likeness (QED) is 0.379. The summed E-state index contributed by atoms with van der Waals surface area (Å²) in [6.07, 6.45) is -8.63. The first-order chi connectivity index (χ1) is 14.0. The van der Waals surface area contributed by atoms with Crippen molar-refractivity contribution in [1.82, 2.24) is 0 Å².